The highest BCUT2D eigenvalue weighted by atomic mass is 19.1. The van der Waals surface area contributed by atoms with E-state index >= 15 is 0 Å². The monoisotopic (exact) mass is 513 g/mol. The molecule has 1 saturated carbocycles. The number of carbonyl (C=O) groups is 1. The molecule has 1 fully saturated rings. The molecule has 3 aromatic carbocycles. The third-order valence-electron chi connectivity index (χ3n) is 6.44. The number of benzene rings is 3. The van der Waals surface area contributed by atoms with Crippen LogP contribution in [0.25, 0.3) is 23.1 Å². The zero-order valence-electron chi connectivity index (χ0n) is 21.0. The van der Waals surface area contributed by atoms with Gasteiger partial charge in [-0.3, -0.25) is 0 Å². The molecule has 5 rings (SSSR count). The summed E-state index contributed by atoms with van der Waals surface area (Å²) in [6, 6.07) is 21.0. The van der Waals surface area contributed by atoms with Gasteiger partial charge in [0.2, 0.25) is 0 Å². The van der Waals surface area contributed by atoms with Crippen LogP contribution >= 0.6 is 0 Å². The van der Waals surface area contributed by atoms with Gasteiger partial charge in [-0.1, -0.05) is 30.3 Å². The topological polar surface area (TPSA) is 77.9 Å². The Labute approximate surface area is 220 Å². The molecular formula is C31H28FNO5. The zero-order chi connectivity index (χ0) is 26.5. The van der Waals surface area contributed by atoms with E-state index in [1.165, 1.54) is 25.3 Å². The van der Waals surface area contributed by atoms with Crippen molar-refractivity contribution in [2.75, 3.05) is 20.3 Å². The van der Waals surface area contributed by atoms with Crippen molar-refractivity contribution in [3.63, 3.8) is 0 Å². The van der Waals surface area contributed by atoms with Crippen LogP contribution in [0.3, 0.4) is 0 Å². The van der Waals surface area contributed by atoms with E-state index in [0.717, 1.165) is 35.0 Å². The average Bonchev–Trinajstić information content (AvgIpc) is 3.76. The Morgan fingerprint density at radius 1 is 1.08 bits per heavy atom. The van der Waals surface area contributed by atoms with Crippen LogP contribution in [0.1, 0.15) is 46.1 Å². The second-order valence-electron chi connectivity index (χ2n) is 9.32. The van der Waals surface area contributed by atoms with Crippen LogP contribution < -0.4 is 9.47 Å². The molecule has 6 nitrogen and oxygen atoms in total. The summed E-state index contributed by atoms with van der Waals surface area (Å²) in [6.45, 7) is 0.782. The van der Waals surface area contributed by atoms with Gasteiger partial charge in [-0.05, 0) is 78.4 Å². The van der Waals surface area contributed by atoms with E-state index in [1.54, 1.807) is 18.2 Å². The normalized spacial score (nSPS) is 14.1. The van der Waals surface area contributed by atoms with Gasteiger partial charge >= 0.3 is 5.97 Å². The Morgan fingerprint density at radius 3 is 2.71 bits per heavy atom. The van der Waals surface area contributed by atoms with Gasteiger partial charge in [-0.25, -0.2) is 14.2 Å². The Kier molecular flexibility index (Phi) is 7.65. The number of hydrogen-bond donors (Lipinski definition) is 1. The van der Waals surface area contributed by atoms with E-state index in [4.69, 9.17) is 14.2 Å². The second kappa shape index (κ2) is 11.4. The van der Waals surface area contributed by atoms with E-state index in [-0.39, 0.29) is 29.8 Å². The number of halogens is 1. The number of aromatic carboxylic acids is 1. The summed E-state index contributed by atoms with van der Waals surface area (Å²) in [5, 5.41) is 10.5. The third kappa shape index (κ3) is 6.36. The summed E-state index contributed by atoms with van der Waals surface area (Å²) >= 11 is 0. The number of methoxy groups -OCH3 is 1. The predicted octanol–water partition coefficient (Wildman–Crippen LogP) is 6.80. The van der Waals surface area contributed by atoms with E-state index < -0.39 is 5.97 Å². The van der Waals surface area contributed by atoms with Gasteiger partial charge in [0.1, 0.15) is 35.6 Å². The lowest BCUT2D eigenvalue weighted by molar-refractivity contribution is 0.0128. The second-order valence-corrected chi connectivity index (χ2v) is 9.32. The number of fused-ring (bicyclic) bond motifs is 1. The maximum Gasteiger partial charge on any atom is 0.339 e. The van der Waals surface area contributed by atoms with Gasteiger partial charge in [0.15, 0.2) is 0 Å². The highest BCUT2D eigenvalue weighted by Gasteiger charge is 2.25. The molecule has 194 valence electrons. The molecule has 0 radical (unpaired) electrons. The first kappa shape index (κ1) is 25.4. The Morgan fingerprint density at radius 2 is 1.92 bits per heavy atom. The van der Waals surface area contributed by atoms with Gasteiger partial charge in [-0.2, -0.15) is 0 Å². The molecule has 1 aliphatic carbocycles. The quantitative estimate of drug-likeness (QED) is 0.238. The van der Waals surface area contributed by atoms with Crippen molar-refractivity contribution < 1.29 is 28.5 Å². The van der Waals surface area contributed by atoms with E-state index in [2.05, 4.69) is 4.98 Å². The fourth-order valence-corrected chi connectivity index (χ4v) is 4.12. The molecule has 1 N–H and O–H groups in total. The number of rotatable bonds is 11. The highest BCUT2D eigenvalue weighted by molar-refractivity contribution is 5.91. The fourth-order valence-electron chi connectivity index (χ4n) is 4.12. The number of nitrogens with zero attached hydrogens (tertiary/aromatic N) is 1. The molecule has 7 heteroatoms. The van der Waals surface area contributed by atoms with E-state index in [0.29, 0.717) is 23.8 Å². The molecule has 1 unspecified atom stereocenters. The Bertz CT molecular complexity index is 1480. The van der Waals surface area contributed by atoms with Crippen LogP contribution in [0, 0.1) is 11.7 Å². The van der Waals surface area contributed by atoms with Crippen molar-refractivity contribution in [3.05, 3.63) is 101 Å². The molecule has 0 spiro atoms. The molecule has 4 aromatic rings. The van der Waals surface area contributed by atoms with Gasteiger partial charge in [0.25, 0.3) is 0 Å². The number of ether oxygens (including phenoxy) is 3. The number of aromatic nitrogens is 1. The molecule has 38 heavy (non-hydrogen) atoms. The van der Waals surface area contributed by atoms with Crippen LogP contribution in [-0.4, -0.2) is 36.4 Å². The zero-order valence-corrected chi connectivity index (χ0v) is 21.0. The smallest absolute Gasteiger partial charge is 0.339 e. The molecule has 0 amide bonds. The number of carboxylic acid groups (broad SMARTS) is 1. The summed E-state index contributed by atoms with van der Waals surface area (Å²) in [7, 11) is 1.49. The maximum absolute atomic E-state index is 13.6. The van der Waals surface area contributed by atoms with Crippen molar-refractivity contribution in [1.82, 2.24) is 4.98 Å². The maximum atomic E-state index is 13.6. The van der Waals surface area contributed by atoms with Crippen molar-refractivity contribution in [2.45, 2.75) is 18.9 Å². The van der Waals surface area contributed by atoms with Gasteiger partial charge < -0.3 is 19.3 Å². The molecule has 0 saturated heterocycles. The first-order chi connectivity index (χ1) is 18.5. The molecule has 1 aromatic heterocycles. The number of hydrogen-bond acceptors (Lipinski definition) is 5. The summed E-state index contributed by atoms with van der Waals surface area (Å²) in [4.78, 5) is 16.3. The Hall–Kier alpha value is -4.23. The number of carboxylic acids is 1. The summed E-state index contributed by atoms with van der Waals surface area (Å²) in [6.07, 6.45) is 5.76. The number of pyridine rings is 1. The van der Waals surface area contributed by atoms with E-state index in [9.17, 15) is 14.3 Å². The largest absolute Gasteiger partial charge is 0.497 e. The minimum Gasteiger partial charge on any atom is -0.497 e. The molecule has 1 heterocycles. The molecule has 1 aliphatic rings. The lowest BCUT2D eigenvalue weighted by atomic mass is 10.1. The van der Waals surface area contributed by atoms with Crippen LogP contribution in [0.5, 0.6) is 11.5 Å². The van der Waals surface area contributed by atoms with Crippen molar-refractivity contribution in [1.29, 1.82) is 0 Å². The minimum absolute atomic E-state index is 0.0322. The average molecular weight is 514 g/mol. The fraction of sp³-hybridized carbons (Fsp3) is 0.226. The van der Waals surface area contributed by atoms with Crippen molar-refractivity contribution in [2.24, 2.45) is 5.92 Å². The first-order valence-electron chi connectivity index (χ1n) is 12.5. The highest BCUT2D eigenvalue weighted by Crippen LogP contribution is 2.32. The molecule has 0 bridgehead atoms. The molecule has 0 aliphatic heterocycles. The van der Waals surface area contributed by atoms with Gasteiger partial charge in [0.05, 0.1) is 24.9 Å². The van der Waals surface area contributed by atoms with Crippen LogP contribution in [0.15, 0.2) is 72.8 Å². The van der Waals surface area contributed by atoms with Gasteiger partial charge in [-0.15, -0.1) is 0 Å². The van der Waals surface area contributed by atoms with Crippen molar-refractivity contribution >= 4 is 29.0 Å². The van der Waals surface area contributed by atoms with Crippen molar-refractivity contribution in [3.8, 4) is 11.5 Å². The van der Waals surface area contributed by atoms with Gasteiger partial charge in [0, 0.05) is 11.5 Å². The third-order valence-corrected chi connectivity index (χ3v) is 6.44. The van der Waals surface area contributed by atoms with Crippen LogP contribution in [0.2, 0.25) is 0 Å². The summed E-state index contributed by atoms with van der Waals surface area (Å²) in [5.41, 5.74) is 3.22. The predicted molar refractivity (Wildman–Crippen MR) is 144 cm³/mol. The first-order valence-corrected chi connectivity index (χ1v) is 12.5. The summed E-state index contributed by atoms with van der Waals surface area (Å²) in [5.74, 6) is -0.148. The lowest BCUT2D eigenvalue weighted by Crippen LogP contribution is -2.16. The molecule has 1 atom stereocenters. The SMILES string of the molecule is COc1ccc(OCC(OCC2CC2)c2cccc(/C=C/c3ccc4ccc(F)cc4n3)c2)c(C(=O)O)c1. The Balaban J connectivity index is 1.34. The molecular weight excluding hydrogens is 485 g/mol. The standard InChI is InChI=1S/C31H28FNO5/c1-36-26-13-14-29(27(17-26)31(34)35)38-19-30(37-18-21-5-6-21)23-4-2-3-20(15-23)7-11-25-12-9-22-8-10-24(32)16-28(22)33-25/h2-4,7-17,21,30H,5-6,18-19H2,1H3,(H,34,35)/b11-7+. The van der Waals surface area contributed by atoms with Crippen LogP contribution in [0.4, 0.5) is 4.39 Å². The lowest BCUT2D eigenvalue weighted by Gasteiger charge is -2.20. The van der Waals surface area contributed by atoms with E-state index in [1.807, 2.05) is 48.6 Å². The summed E-state index contributed by atoms with van der Waals surface area (Å²) < 4.78 is 31.0. The minimum atomic E-state index is -1.09. The van der Waals surface area contributed by atoms with Crippen LogP contribution in [-0.2, 0) is 4.74 Å².